The van der Waals surface area contributed by atoms with Gasteiger partial charge in [-0.3, -0.25) is 4.79 Å². The molecular formula is C15H13ClF4N2O3. The third-order valence-corrected chi connectivity index (χ3v) is 3.79. The first-order chi connectivity index (χ1) is 11.7. The molecule has 0 aliphatic heterocycles. The van der Waals surface area contributed by atoms with Crippen LogP contribution in [0.3, 0.4) is 0 Å². The average Bonchev–Trinajstić information content (AvgIpc) is 2.92. The summed E-state index contributed by atoms with van der Waals surface area (Å²) in [6, 6.07) is 2.08. The lowest BCUT2D eigenvalue weighted by Gasteiger charge is -2.13. The zero-order chi connectivity index (χ0) is 18.8. The number of alkyl halides is 3. The average molecular weight is 381 g/mol. The first-order valence-corrected chi connectivity index (χ1v) is 7.51. The van der Waals surface area contributed by atoms with Gasteiger partial charge in [0.05, 0.1) is 12.6 Å². The van der Waals surface area contributed by atoms with Crippen molar-refractivity contribution in [2.24, 2.45) is 0 Å². The molecule has 2 rings (SSSR count). The highest BCUT2D eigenvalue weighted by Crippen LogP contribution is 2.41. The Hall–Kier alpha value is -2.13. The molecule has 0 saturated heterocycles. The van der Waals surface area contributed by atoms with E-state index in [1.54, 1.807) is 6.92 Å². The van der Waals surface area contributed by atoms with E-state index in [4.69, 9.17) is 21.2 Å². The van der Waals surface area contributed by atoms with Crippen LogP contribution >= 0.6 is 11.6 Å². The minimum Gasteiger partial charge on any atom is -0.394 e. The number of halogens is 5. The Morgan fingerprint density at radius 2 is 2.12 bits per heavy atom. The fourth-order valence-electron chi connectivity index (χ4n) is 2.12. The Labute approximate surface area is 144 Å². The van der Waals surface area contributed by atoms with Gasteiger partial charge in [-0.25, -0.2) is 4.39 Å². The number of benzene rings is 1. The highest BCUT2D eigenvalue weighted by Gasteiger charge is 2.39. The molecule has 2 N–H and O–H groups in total. The van der Waals surface area contributed by atoms with Crippen LogP contribution < -0.4 is 5.32 Å². The summed E-state index contributed by atoms with van der Waals surface area (Å²) in [5.74, 6) is -2.91. The number of rotatable bonds is 5. The Morgan fingerprint density at radius 1 is 1.44 bits per heavy atom. The lowest BCUT2D eigenvalue weighted by atomic mass is 10.0. The molecule has 1 aromatic heterocycles. The summed E-state index contributed by atoms with van der Waals surface area (Å²) in [5, 5.41) is 14.4. The van der Waals surface area contributed by atoms with Crippen LogP contribution in [0.5, 0.6) is 0 Å². The number of hydrogen-bond donors (Lipinski definition) is 2. The SMILES string of the molecule is CC[C@H](CO)NC(=O)c1noc(-c2cccc(F)c2C(F)(F)F)c1Cl. The van der Waals surface area contributed by atoms with Gasteiger partial charge in [-0.1, -0.05) is 35.8 Å². The van der Waals surface area contributed by atoms with Crippen LogP contribution in [0, 0.1) is 5.82 Å². The van der Waals surface area contributed by atoms with Crippen molar-refractivity contribution in [2.75, 3.05) is 6.61 Å². The van der Waals surface area contributed by atoms with Crippen LogP contribution in [0.25, 0.3) is 11.3 Å². The van der Waals surface area contributed by atoms with Crippen molar-refractivity contribution < 1.29 is 32.0 Å². The van der Waals surface area contributed by atoms with E-state index in [0.29, 0.717) is 12.5 Å². The lowest BCUT2D eigenvalue weighted by molar-refractivity contribution is -0.139. The monoisotopic (exact) mass is 380 g/mol. The molecule has 0 radical (unpaired) electrons. The van der Waals surface area contributed by atoms with Gasteiger partial charge in [0.1, 0.15) is 16.4 Å². The van der Waals surface area contributed by atoms with Crippen molar-refractivity contribution >= 4 is 17.5 Å². The molecule has 25 heavy (non-hydrogen) atoms. The number of aromatic nitrogens is 1. The fourth-order valence-corrected chi connectivity index (χ4v) is 2.38. The van der Waals surface area contributed by atoms with Gasteiger partial charge in [0.25, 0.3) is 5.91 Å². The summed E-state index contributed by atoms with van der Waals surface area (Å²) in [6.07, 6.45) is -4.59. The maximum Gasteiger partial charge on any atom is 0.419 e. The third kappa shape index (κ3) is 3.93. The quantitative estimate of drug-likeness (QED) is 0.776. The molecule has 5 nitrogen and oxygen atoms in total. The Kier molecular flexibility index (Phi) is 5.69. The van der Waals surface area contributed by atoms with E-state index < -0.39 is 51.5 Å². The molecule has 10 heteroatoms. The summed E-state index contributed by atoms with van der Waals surface area (Å²) in [7, 11) is 0. The molecule has 0 unspecified atom stereocenters. The van der Waals surface area contributed by atoms with E-state index in [1.807, 2.05) is 0 Å². The molecule has 0 aliphatic carbocycles. The number of amides is 1. The maximum atomic E-state index is 13.7. The first-order valence-electron chi connectivity index (χ1n) is 7.13. The number of nitrogens with one attached hydrogen (secondary N) is 1. The molecule has 1 heterocycles. The second kappa shape index (κ2) is 7.40. The fraction of sp³-hybridized carbons (Fsp3) is 0.333. The van der Waals surface area contributed by atoms with Crippen molar-refractivity contribution in [3.8, 4) is 11.3 Å². The number of hydrogen-bond acceptors (Lipinski definition) is 4. The standard InChI is InChI=1S/C15H13ClF4N2O3/c1-2-7(6-23)21-14(24)12-11(16)13(25-22-12)8-4-3-5-9(17)10(8)15(18,19)20/h3-5,7,23H,2,6H2,1H3,(H,21,24)/t7-/m1/s1. The van der Waals surface area contributed by atoms with Crippen LogP contribution in [0.1, 0.15) is 29.4 Å². The Morgan fingerprint density at radius 3 is 2.68 bits per heavy atom. The van der Waals surface area contributed by atoms with Gasteiger partial charge in [-0.2, -0.15) is 13.2 Å². The summed E-state index contributed by atoms with van der Waals surface area (Å²) in [4.78, 5) is 12.1. The van der Waals surface area contributed by atoms with E-state index in [0.717, 1.165) is 12.1 Å². The minimum atomic E-state index is -5.00. The Balaban J connectivity index is 2.47. The number of carbonyl (C=O) groups excluding carboxylic acids is 1. The smallest absolute Gasteiger partial charge is 0.394 e. The van der Waals surface area contributed by atoms with Crippen LogP contribution in [0.2, 0.25) is 5.02 Å². The maximum absolute atomic E-state index is 13.7. The van der Waals surface area contributed by atoms with E-state index in [-0.39, 0.29) is 6.61 Å². The normalized spacial score (nSPS) is 12.9. The highest BCUT2D eigenvalue weighted by molar-refractivity contribution is 6.35. The highest BCUT2D eigenvalue weighted by atomic mass is 35.5. The van der Waals surface area contributed by atoms with E-state index >= 15 is 0 Å². The number of nitrogens with zero attached hydrogens (tertiary/aromatic N) is 1. The predicted molar refractivity (Wildman–Crippen MR) is 80.5 cm³/mol. The summed E-state index contributed by atoms with van der Waals surface area (Å²) >= 11 is 5.93. The summed E-state index contributed by atoms with van der Waals surface area (Å²) in [5.41, 5.74) is -2.69. The van der Waals surface area contributed by atoms with Crippen LogP contribution in [-0.2, 0) is 6.18 Å². The predicted octanol–water partition coefficient (Wildman–Crippen LogP) is 3.65. The summed E-state index contributed by atoms with van der Waals surface area (Å²) in [6.45, 7) is 1.37. The second-order valence-electron chi connectivity index (χ2n) is 5.10. The zero-order valence-electron chi connectivity index (χ0n) is 12.8. The molecule has 0 bridgehead atoms. The largest absolute Gasteiger partial charge is 0.419 e. The molecule has 0 spiro atoms. The molecule has 1 atom stereocenters. The van der Waals surface area contributed by atoms with Crippen molar-refractivity contribution in [1.29, 1.82) is 0 Å². The molecule has 1 aromatic carbocycles. The van der Waals surface area contributed by atoms with Gasteiger partial charge in [-0.05, 0) is 12.5 Å². The van der Waals surface area contributed by atoms with Crippen LogP contribution in [-0.4, -0.2) is 28.8 Å². The Bertz CT molecular complexity index is 773. The topological polar surface area (TPSA) is 75.4 Å². The molecule has 0 saturated carbocycles. The first kappa shape index (κ1) is 19.2. The van der Waals surface area contributed by atoms with E-state index in [1.165, 1.54) is 0 Å². The van der Waals surface area contributed by atoms with Crippen LogP contribution in [0.4, 0.5) is 17.6 Å². The van der Waals surface area contributed by atoms with E-state index in [2.05, 4.69) is 10.5 Å². The van der Waals surface area contributed by atoms with Gasteiger partial charge in [-0.15, -0.1) is 0 Å². The number of carbonyl (C=O) groups is 1. The molecular weight excluding hydrogens is 368 g/mol. The van der Waals surface area contributed by atoms with Crippen molar-refractivity contribution in [1.82, 2.24) is 10.5 Å². The van der Waals surface area contributed by atoms with Gasteiger partial charge < -0.3 is 14.9 Å². The van der Waals surface area contributed by atoms with E-state index in [9.17, 15) is 22.4 Å². The van der Waals surface area contributed by atoms with Gasteiger partial charge in [0, 0.05) is 5.56 Å². The zero-order valence-corrected chi connectivity index (χ0v) is 13.6. The summed E-state index contributed by atoms with van der Waals surface area (Å²) < 4.78 is 57.7. The number of aliphatic hydroxyl groups is 1. The molecule has 0 aliphatic rings. The molecule has 0 fully saturated rings. The number of aliphatic hydroxyl groups excluding tert-OH is 1. The van der Waals surface area contributed by atoms with Crippen molar-refractivity contribution in [3.63, 3.8) is 0 Å². The minimum absolute atomic E-state index is 0.341. The lowest BCUT2D eigenvalue weighted by Crippen LogP contribution is -2.37. The second-order valence-corrected chi connectivity index (χ2v) is 5.47. The van der Waals surface area contributed by atoms with Crippen molar-refractivity contribution in [2.45, 2.75) is 25.6 Å². The molecule has 2 aromatic rings. The van der Waals surface area contributed by atoms with Crippen molar-refractivity contribution in [3.05, 3.63) is 40.3 Å². The van der Waals surface area contributed by atoms with Gasteiger partial charge >= 0.3 is 6.18 Å². The van der Waals surface area contributed by atoms with Crippen LogP contribution in [0.15, 0.2) is 22.7 Å². The van der Waals surface area contributed by atoms with Gasteiger partial charge in [0.2, 0.25) is 0 Å². The third-order valence-electron chi connectivity index (χ3n) is 3.44. The van der Waals surface area contributed by atoms with Gasteiger partial charge in [0.15, 0.2) is 11.5 Å². The molecule has 136 valence electrons. The molecule has 1 amide bonds.